The number of aromatic nitrogens is 1. The molecule has 0 atom stereocenters. The molecule has 0 bridgehead atoms. The smallest absolute Gasteiger partial charge is 0.213 e. The zero-order chi connectivity index (χ0) is 14.7. The molecule has 0 unspecified atom stereocenters. The van der Waals surface area contributed by atoms with E-state index < -0.39 is 0 Å². The van der Waals surface area contributed by atoms with E-state index in [-0.39, 0.29) is 11.0 Å². The number of rotatable bonds is 2. The normalized spacial score (nSPS) is 13.5. The summed E-state index contributed by atoms with van der Waals surface area (Å²) in [5.74, 6) is 2.30. The molecule has 0 aromatic carbocycles. The molecule has 5 nitrogen and oxygen atoms in total. The summed E-state index contributed by atoms with van der Waals surface area (Å²) in [7, 11) is 1.75. The summed E-state index contributed by atoms with van der Waals surface area (Å²) in [6.07, 6.45) is 1.79. The average molecular weight is 266 g/mol. The molecule has 5 heteroatoms. The van der Waals surface area contributed by atoms with Crippen LogP contribution in [0.25, 0.3) is 0 Å². The number of aliphatic imine (C=N–C) groups is 1. The van der Waals surface area contributed by atoms with Gasteiger partial charge in [-0.2, -0.15) is 0 Å². The topological polar surface area (TPSA) is 62.5 Å². The fourth-order valence-corrected chi connectivity index (χ4v) is 1.43. The molecule has 0 spiro atoms. The molecule has 1 rings (SSSR count). The quantitative estimate of drug-likeness (QED) is 0.637. The summed E-state index contributed by atoms with van der Waals surface area (Å²) in [6, 6.07) is 0. The van der Waals surface area contributed by atoms with E-state index in [1.165, 1.54) is 0 Å². The molecule has 1 heterocycles. The lowest BCUT2D eigenvalue weighted by atomic mass is 9.94. The highest BCUT2D eigenvalue weighted by Crippen LogP contribution is 2.22. The maximum absolute atomic E-state index is 5.72. The number of guanidine groups is 1. The van der Waals surface area contributed by atoms with E-state index in [0.717, 1.165) is 11.7 Å². The molecule has 0 amide bonds. The van der Waals surface area contributed by atoms with Crippen LogP contribution in [0.2, 0.25) is 0 Å². The van der Waals surface area contributed by atoms with Gasteiger partial charge in [0.1, 0.15) is 5.76 Å². The summed E-state index contributed by atoms with van der Waals surface area (Å²) in [5.41, 5.74) is -0.0500. The molecule has 1 aromatic rings. The Morgan fingerprint density at radius 2 is 1.89 bits per heavy atom. The molecule has 0 saturated carbocycles. The molecule has 0 aliphatic heterocycles. The molecule has 0 saturated heterocycles. The maximum atomic E-state index is 5.72. The first-order valence-corrected chi connectivity index (χ1v) is 6.56. The fraction of sp³-hybridized carbons (Fsp3) is 0.714. The van der Waals surface area contributed by atoms with Gasteiger partial charge in [-0.15, -0.1) is 0 Å². The number of hydrogen-bond donors (Lipinski definition) is 2. The predicted octanol–water partition coefficient (Wildman–Crippen LogP) is 2.44. The van der Waals surface area contributed by atoms with Crippen LogP contribution in [0.4, 0.5) is 0 Å². The van der Waals surface area contributed by atoms with Crippen molar-refractivity contribution in [3.05, 3.63) is 17.8 Å². The van der Waals surface area contributed by atoms with E-state index in [4.69, 9.17) is 4.42 Å². The average Bonchev–Trinajstić information content (AvgIpc) is 2.70. The fourth-order valence-electron chi connectivity index (χ4n) is 1.43. The van der Waals surface area contributed by atoms with Crippen molar-refractivity contribution < 1.29 is 4.42 Å². The summed E-state index contributed by atoms with van der Waals surface area (Å²) >= 11 is 0. The van der Waals surface area contributed by atoms with Crippen LogP contribution in [0.5, 0.6) is 0 Å². The van der Waals surface area contributed by atoms with E-state index in [2.05, 4.69) is 62.2 Å². The summed E-state index contributed by atoms with van der Waals surface area (Å²) < 4.78 is 5.72. The Labute approximate surface area is 115 Å². The Kier molecular flexibility index (Phi) is 4.61. The third kappa shape index (κ3) is 5.32. The third-order valence-electron chi connectivity index (χ3n) is 2.42. The van der Waals surface area contributed by atoms with Crippen LogP contribution >= 0.6 is 0 Å². The monoisotopic (exact) mass is 266 g/mol. The van der Waals surface area contributed by atoms with Crippen molar-refractivity contribution in [2.75, 3.05) is 7.05 Å². The standard InChI is InChI=1S/C14H26N4O/c1-13(2,3)10-8-16-11(19-10)9-17-12(15-7)18-14(4,5)6/h8H,9H2,1-7H3,(H2,15,17,18). The maximum Gasteiger partial charge on any atom is 0.213 e. The summed E-state index contributed by atoms with van der Waals surface area (Å²) in [5, 5.41) is 6.47. The molecule has 0 aliphatic carbocycles. The van der Waals surface area contributed by atoms with E-state index in [9.17, 15) is 0 Å². The lowest BCUT2D eigenvalue weighted by Gasteiger charge is -2.23. The number of nitrogens with zero attached hydrogens (tertiary/aromatic N) is 2. The molecule has 2 N–H and O–H groups in total. The second-order valence-electron chi connectivity index (χ2n) is 6.67. The third-order valence-corrected chi connectivity index (χ3v) is 2.42. The second-order valence-corrected chi connectivity index (χ2v) is 6.67. The Bertz CT molecular complexity index is 435. The minimum absolute atomic E-state index is 0.0173. The van der Waals surface area contributed by atoms with Gasteiger partial charge in [-0.1, -0.05) is 20.8 Å². The Hall–Kier alpha value is -1.52. The first-order valence-electron chi connectivity index (χ1n) is 6.56. The first-order chi connectivity index (χ1) is 8.62. The van der Waals surface area contributed by atoms with Gasteiger partial charge in [0.25, 0.3) is 0 Å². The van der Waals surface area contributed by atoms with Crippen molar-refractivity contribution in [1.82, 2.24) is 15.6 Å². The SMILES string of the molecule is CN=C(NCc1ncc(C(C)(C)C)o1)NC(C)(C)C. The Balaban J connectivity index is 2.59. The Morgan fingerprint density at radius 1 is 1.26 bits per heavy atom. The van der Waals surface area contributed by atoms with Gasteiger partial charge in [-0.25, -0.2) is 4.98 Å². The van der Waals surface area contributed by atoms with E-state index in [0.29, 0.717) is 12.4 Å². The van der Waals surface area contributed by atoms with Gasteiger partial charge in [0.2, 0.25) is 5.89 Å². The molecule has 1 aromatic heterocycles. The van der Waals surface area contributed by atoms with Crippen LogP contribution in [0, 0.1) is 0 Å². The molecule has 108 valence electrons. The van der Waals surface area contributed by atoms with Crippen LogP contribution in [-0.4, -0.2) is 23.5 Å². The molecular formula is C14H26N4O. The van der Waals surface area contributed by atoms with E-state index >= 15 is 0 Å². The van der Waals surface area contributed by atoms with Crippen LogP contribution in [0.3, 0.4) is 0 Å². The minimum Gasteiger partial charge on any atom is -0.443 e. The van der Waals surface area contributed by atoms with Gasteiger partial charge in [0, 0.05) is 18.0 Å². The lowest BCUT2D eigenvalue weighted by Crippen LogP contribution is -2.47. The highest BCUT2D eigenvalue weighted by Gasteiger charge is 2.19. The lowest BCUT2D eigenvalue weighted by molar-refractivity contribution is 0.378. The highest BCUT2D eigenvalue weighted by molar-refractivity contribution is 5.80. The molecule has 0 fully saturated rings. The molecule has 19 heavy (non-hydrogen) atoms. The summed E-state index contributed by atoms with van der Waals surface area (Å²) in [4.78, 5) is 8.44. The van der Waals surface area contributed by atoms with Gasteiger partial charge in [-0.05, 0) is 20.8 Å². The number of oxazole rings is 1. The number of hydrogen-bond acceptors (Lipinski definition) is 3. The minimum atomic E-state index is -0.0327. The van der Waals surface area contributed by atoms with Crippen molar-refractivity contribution in [1.29, 1.82) is 0 Å². The Morgan fingerprint density at radius 3 is 2.32 bits per heavy atom. The predicted molar refractivity (Wildman–Crippen MR) is 78.3 cm³/mol. The zero-order valence-electron chi connectivity index (χ0n) is 13.1. The number of nitrogens with one attached hydrogen (secondary N) is 2. The zero-order valence-corrected chi connectivity index (χ0v) is 13.1. The van der Waals surface area contributed by atoms with Crippen molar-refractivity contribution in [3.63, 3.8) is 0 Å². The molecule has 0 radical (unpaired) electrons. The van der Waals surface area contributed by atoms with Crippen molar-refractivity contribution in [2.24, 2.45) is 4.99 Å². The van der Waals surface area contributed by atoms with Crippen molar-refractivity contribution in [3.8, 4) is 0 Å². The van der Waals surface area contributed by atoms with Crippen LogP contribution in [0.15, 0.2) is 15.6 Å². The van der Waals surface area contributed by atoms with Crippen LogP contribution < -0.4 is 10.6 Å². The molecular weight excluding hydrogens is 240 g/mol. The highest BCUT2D eigenvalue weighted by atomic mass is 16.4. The van der Waals surface area contributed by atoms with Gasteiger partial charge < -0.3 is 15.1 Å². The van der Waals surface area contributed by atoms with Crippen LogP contribution in [-0.2, 0) is 12.0 Å². The molecule has 0 aliphatic rings. The van der Waals surface area contributed by atoms with Gasteiger partial charge in [0.05, 0.1) is 12.7 Å². The van der Waals surface area contributed by atoms with Gasteiger partial charge >= 0.3 is 0 Å². The van der Waals surface area contributed by atoms with Gasteiger partial charge in [0.15, 0.2) is 5.96 Å². The van der Waals surface area contributed by atoms with Crippen molar-refractivity contribution in [2.45, 2.75) is 59.0 Å². The van der Waals surface area contributed by atoms with Crippen molar-refractivity contribution >= 4 is 5.96 Å². The first kappa shape index (κ1) is 15.5. The van der Waals surface area contributed by atoms with E-state index in [1.54, 1.807) is 13.2 Å². The van der Waals surface area contributed by atoms with E-state index in [1.807, 2.05) is 0 Å². The van der Waals surface area contributed by atoms with Gasteiger partial charge in [-0.3, -0.25) is 4.99 Å². The van der Waals surface area contributed by atoms with Crippen LogP contribution in [0.1, 0.15) is 53.2 Å². The largest absolute Gasteiger partial charge is 0.443 e. The summed E-state index contributed by atoms with van der Waals surface area (Å²) in [6.45, 7) is 13.1. The second kappa shape index (κ2) is 5.63.